The molecule has 6 nitrogen and oxygen atoms in total. The number of hydrogen-bond donors (Lipinski definition) is 1. The standard InChI is InChI=1S/C21H18BrClN2O4/c1-25(20(26)13-29-19-9-8-14(23)11-17(19)22)18-7-3-2-6-16(18)21(27)24-12-15-5-4-10-28-15/h2-11H,12-13H2,1H3,(H,24,27). The monoisotopic (exact) mass is 476 g/mol. The molecular weight excluding hydrogens is 460 g/mol. The molecule has 0 atom stereocenters. The number of amides is 2. The third-order valence-corrected chi connectivity index (χ3v) is 4.99. The minimum absolute atomic E-state index is 0.195. The van der Waals surface area contributed by atoms with Gasteiger partial charge < -0.3 is 19.4 Å². The summed E-state index contributed by atoms with van der Waals surface area (Å²) < 4.78 is 11.5. The van der Waals surface area contributed by atoms with Crippen LogP contribution < -0.4 is 15.0 Å². The van der Waals surface area contributed by atoms with Crippen molar-refractivity contribution in [2.24, 2.45) is 0 Å². The van der Waals surface area contributed by atoms with Crippen molar-refractivity contribution in [3.8, 4) is 5.75 Å². The average Bonchev–Trinajstić information content (AvgIpc) is 3.24. The van der Waals surface area contributed by atoms with Crippen LogP contribution in [0.15, 0.2) is 69.8 Å². The number of anilines is 1. The molecule has 0 bridgehead atoms. The fourth-order valence-corrected chi connectivity index (χ4v) is 3.39. The van der Waals surface area contributed by atoms with Gasteiger partial charge in [-0.2, -0.15) is 0 Å². The molecule has 0 fully saturated rings. The van der Waals surface area contributed by atoms with Crippen molar-refractivity contribution < 1.29 is 18.7 Å². The molecule has 0 radical (unpaired) electrons. The van der Waals surface area contributed by atoms with Gasteiger partial charge in [0.05, 0.1) is 28.5 Å². The highest BCUT2D eigenvalue weighted by Crippen LogP contribution is 2.28. The summed E-state index contributed by atoms with van der Waals surface area (Å²) in [5.74, 6) is 0.527. The molecule has 150 valence electrons. The number of likely N-dealkylation sites (N-methyl/N-ethyl adjacent to an activating group) is 1. The maximum Gasteiger partial charge on any atom is 0.264 e. The van der Waals surface area contributed by atoms with E-state index < -0.39 is 0 Å². The molecule has 0 saturated carbocycles. The Kier molecular flexibility index (Phi) is 6.95. The van der Waals surface area contributed by atoms with E-state index in [9.17, 15) is 9.59 Å². The summed E-state index contributed by atoms with van der Waals surface area (Å²) in [6, 6.07) is 15.4. The summed E-state index contributed by atoms with van der Waals surface area (Å²) in [5.41, 5.74) is 0.857. The molecule has 0 saturated heterocycles. The van der Waals surface area contributed by atoms with Crippen molar-refractivity contribution in [1.29, 1.82) is 0 Å². The maximum atomic E-state index is 12.6. The first kappa shape index (κ1) is 21.0. The minimum atomic E-state index is -0.307. The number of furan rings is 1. The number of carbonyl (C=O) groups is 2. The van der Waals surface area contributed by atoms with E-state index in [2.05, 4.69) is 21.2 Å². The van der Waals surface area contributed by atoms with Gasteiger partial charge in [0.25, 0.3) is 11.8 Å². The highest BCUT2D eigenvalue weighted by atomic mass is 79.9. The van der Waals surface area contributed by atoms with Gasteiger partial charge in [0.15, 0.2) is 6.61 Å². The number of rotatable bonds is 7. The predicted octanol–water partition coefficient (Wildman–Crippen LogP) is 4.67. The maximum absolute atomic E-state index is 12.6. The van der Waals surface area contributed by atoms with Crippen LogP contribution in [0.4, 0.5) is 5.69 Å². The van der Waals surface area contributed by atoms with Gasteiger partial charge in [-0.25, -0.2) is 0 Å². The van der Waals surface area contributed by atoms with Crippen LogP contribution in [0.3, 0.4) is 0 Å². The first-order valence-corrected chi connectivity index (χ1v) is 9.87. The van der Waals surface area contributed by atoms with Crippen molar-refractivity contribution in [2.45, 2.75) is 6.54 Å². The van der Waals surface area contributed by atoms with E-state index in [0.717, 1.165) is 0 Å². The van der Waals surface area contributed by atoms with Crippen LogP contribution >= 0.6 is 27.5 Å². The van der Waals surface area contributed by atoms with Gasteiger partial charge in [-0.15, -0.1) is 0 Å². The fourth-order valence-electron chi connectivity index (χ4n) is 2.60. The van der Waals surface area contributed by atoms with Crippen molar-refractivity contribution in [1.82, 2.24) is 5.32 Å². The second-order valence-corrected chi connectivity index (χ2v) is 7.39. The van der Waals surface area contributed by atoms with Crippen LogP contribution in [0, 0.1) is 0 Å². The number of para-hydroxylation sites is 1. The minimum Gasteiger partial charge on any atom is -0.483 e. The Morgan fingerprint density at radius 2 is 1.97 bits per heavy atom. The highest BCUT2D eigenvalue weighted by Gasteiger charge is 2.19. The van der Waals surface area contributed by atoms with E-state index in [1.165, 1.54) is 4.90 Å². The van der Waals surface area contributed by atoms with Crippen molar-refractivity contribution in [2.75, 3.05) is 18.6 Å². The molecule has 0 aliphatic rings. The first-order chi connectivity index (χ1) is 14.0. The number of hydrogen-bond acceptors (Lipinski definition) is 4. The summed E-state index contributed by atoms with van der Waals surface area (Å²) in [4.78, 5) is 26.6. The van der Waals surface area contributed by atoms with Gasteiger partial charge in [-0.3, -0.25) is 9.59 Å². The fraction of sp³-hybridized carbons (Fsp3) is 0.143. The summed E-state index contributed by atoms with van der Waals surface area (Å²) in [5, 5.41) is 3.34. The van der Waals surface area contributed by atoms with Crippen molar-refractivity contribution in [3.05, 3.63) is 81.7 Å². The zero-order valence-corrected chi connectivity index (χ0v) is 17.9. The molecule has 2 amide bonds. The van der Waals surface area contributed by atoms with Crippen molar-refractivity contribution >= 4 is 45.0 Å². The normalized spacial score (nSPS) is 10.4. The molecule has 8 heteroatoms. The van der Waals surface area contributed by atoms with Gasteiger partial charge in [0, 0.05) is 12.1 Å². The third kappa shape index (κ3) is 5.40. The number of carbonyl (C=O) groups excluding carboxylic acids is 2. The Labute approximate surface area is 181 Å². The summed E-state index contributed by atoms with van der Waals surface area (Å²) in [7, 11) is 1.60. The molecule has 1 heterocycles. The molecule has 29 heavy (non-hydrogen) atoms. The van der Waals surface area contributed by atoms with E-state index in [1.807, 2.05) is 0 Å². The lowest BCUT2D eigenvalue weighted by Crippen LogP contribution is -2.33. The van der Waals surface area contributed by atoms with E-state index in [0.29, 0.717) is 32.3 Å². The number of ether oxygens (including phenoxy) is 1. The topological polar surface area (TPSA) is 71.8 Å². The van der Waals surface area contributed by atoms with E-state index >= 15 is 0 Å². The van der Waals surface area contributed by atoms with Gasteiger partial charge in [0.1, 0.15) is 11.5 Å². The molecule has 3 aromatic rings. The quantitative estimate of drug-likeness (QED) is 0.537. The molecule has 2 aromatic carbocycles. The van der Waals surface area contributed by atoms with Gasteiger partial charge in [0.2, 0.25) is 0 Å². The van der Waals surface area contributed by atoms with Crippen LogP contribution in [-0.2, 0) is 11.3 Å². The predicted molar refractivity (Wildman–Crippen MR) is 114 cm³/mol. The number of nitrogens with zero attached hydrogens (tertiary/aromatic N) is 1. The second kappa shape index (κ2) is 9.62. The van der Waals surface area contributed by atoms with Crippen LogP contribution in [0.25, 0.3) is 0 Å². The lowest BCUT2D eigenvalue weighted by atomic mass is 10.1. The van der Waals surface area contributed by atoms with Gasteiger partial charge >= 0.3 is 0 Å². The number of nitrogens with one attached hydrogen (secondary N) is 1. The van der Waals surface area contributed by atoms with Gasteiger partial charge in [-0.05, 0) is 58.4 Å². The number of halogens is 2. The molecular formula is C21H18BrClN2O4. The first-order valence-electron chi connectivity index (χ1n) is 8.69. The summed E-state index contributed by atoms with van der Waals surface area (Å²) in [6.45, 7) is 0.0601. The van der Waals surface area contributed by atoms with Crippen LogP contribution in [-0.4, -0.2) is 25.5 Å². The van der Waals surface area contributed by atoms with Crippen LogP contribution in [0.2, 0.25) is 5.02 Å². The second-order valence-electron chi connectivity index (χ2n) is 6.10. The Balaban J connectivity index is 1.67. The van der Waals surface area contributed by atoms with Gasteiger partial charge in [-0.1, -0.05) is 23.7 Å². The van der Waals surface area contributed by atoms with Crippen LogP contribution in [0.1, 0.15) is 16.1 Å². The zero-order valence-electron chi connectivity index (χ0n) is 15.5. The molecule has 0 aliphatic carbocycles. The Morgan fingerprint density at radius 3 is 2.69 bits per heavy atom. The molecule has 0 aliphatic heterocycles. The number of benzene rings is 2. The Hall–Kier alpha value is -2.77. The van der Waals surface area contributed by atoms with E-state index in [1.54, 1.807) is 67.9 Å². The molecule has 3 rings (SSSR count). The van der Waals surface area contributed by atoms with E-state index in [4.69, 9.17) is 20.8 Å². The zero-order chi connectivity index (χ0) is 20.8. The molecule has 1 N–H and O–H groups in total. The van der Waals surface area contributed by atoms with Crippen molar-refractivity contribution in [3.63, 3.8) is 0 Å². The SMILES string of the molecule is CN(C(=O)COc1ccc(Cl)cc1Br)c1ccccc1C(=O)NCc1ccco1. The lowest BCUT2D eigenvalue weighted by Gasteiger charge is -2.20. The highest BCUT2D eigenvalue weighted by molar-refractivity contribution is 9.10. The average molecular weight is 478 g/mol. The smallest absolute Gasteiger partial charge is 0.264 e. The third-order valence-electron chi connectivity index (χ3n) is 4.13. The Morgan fingerprint density at radius 1 is 1.17 bits per heavy atom. The lowest BCUT2D eigenvalue weighted by molar-refractivity contribution is -0.120. The molecule has 0 spiro atoms. The molecule has 0 unspecified atom stereocenters. The Bertz CT molecular complexity index is 1010. The summed E-state index contributed by atoms with van der Waals surface area (Å²) >= 11 is 9.26. The van der Waals surface area contributed by atoms with E-state index in [-0.39, 0.29) is 25.0 Å². The summed E-state index contributed by atoms with van der Waals surface area (Å²) in [6.07, 6.45) is 1.54. The largest absolute Gasteiger partial charge is 0.483 e. The molecule has 1 aromatic heterocycles. The van der Waals surface area contributed by atoms with Crippen LogP contribution in [0.5, 0.6) is 5.75 Å².